The van der Waals surface area contributed by atoms with Crippen molar-refractivity contribution in [3.63, 3.8) is 0 Å². The molecule has 0 radical (unpaired) electrons. The van der Waals surface area contributed by atoms with E-state index in [0.717, 1.165) is 22.6 Å². The van der Waals surface area contributed by atoms with Crippen LogP contribution in [0.4, 0.5) is 0 Å². The zero-order valence-electron chi connectivity index (χ0n) is 15.6. The van der Waals surface area contributed by atoms with Gasteiger partial charge in [-0.05, 0) is 54.4 Å². The molecule has 1 aliphatic heterocycles. The minimum absolute atomic E-state index is 0.170. The lowest BCUT2D eigenvalue weighted by molar-refractivity contribution is -0.128. The van der Waals surface area contributed by atoms with Crippen molar-refractivity contribution >= 4 is 11.6 Å². The standard InChI is InChI=1S/C20H24N4O3/c1-15(16-3-5-18(26-2)6-4-16)22-23-20(25)19(17-7-9-21-10-8-17)24-11-13-27-14-12-24/h3-10,19H,11-14H2,1-2H3,(H,23,25)/b22-15+/t19-/m1/s1. The second-order valence-corrected chi connectivity index (χ2v) is 6.23. The van der Waals surface area contributed by atoms with Gasteiger partial charge < -0.3 is 9.47 Å². The highest BCUT2D eigenvalue weighted by atomic mass is 16.5. The molecule has 1 N–H and O–H groups in total. The predicted octanol–water partition coefficient (Wildman–Crippen LogP) is 2.00. The summed E-state index contributed by atoms with van der Waals surface area (Å²) in [7, 11) is 1.63. The summed E-state index contributed by atoms with van der Waals surface area (Å²) >= 11 is 0. The number of ether oxygens (including phenoxy) is 2. The van der Waals surface area contributed by atoms with Gasteiger partial charge in [-0.15, -0.1) is 0 Å². The van der Waals surface area contributed by atoms with E-state index in [0.29, 0.717) is 26.3 Å². The van der Waals surface area contributed by atoms with Crippen LogP contribution in [0.5, 0.6) is 5.75 Å². The molecule has 1 aliphatic rings. The summed E-state index contributed by atoms with van der Waals surface area (Å²) in [5.74, 6) is 0.608. The Bertz CT molecular complexity index is 772. The number of morpholine rings is 1. The Hall–Kier alpha value is -2.77. The molecule has 1 aromatic carbocycles. The lowest BCUT2D eigenvalue weighted by Crippen LogP contribution is -2.45. The monoisotopic (exact) mass is 368 g/mol. The van der Waals surface area contributed by atoms with E-state index in [1.807, 2.05) is 43.3 Å². The third kappa shape index (κ3) is 4.90. The van der Waals surface area contributed by atoms with Crippen molar-refractivity contribution in [2.75, 3.05) is 33.4 Å². The van der Waals surface area contributed by atoms with Gasteiger partial charge in [-0.3, -0.25) is 14.7 Å². The number of amides is 1. The number of hydrogen-bond acceptors (Lipinski definition) is 6. The number of nitrogens with one attached hydrogen (secondary N) is 1. The minimum Gasteiger partial charge on any atom is -0.497 e. The lowest BCUT2D eigenvalue weighted by Gasteiger charge is -2.33. The van der Waals surface area contributed by atoms with Crippen molar-refractivity contribution in [3.8, 4) is 5.75 Å². The highest BCUT2D eigenvalue weighted by Gasteiger charge is 2.29. The second kappa shape index (κ2) is 9.25. The molecular formula is C20H24N4O3. The molecule has 0 aliphatic carbocycles. The van der Waals surface area contributed by atoms with Gasteiger partial charge in [0.25, 0.3) is 5.91 Å². The first-order valence-electron chi connectivity index (χ1n) is 8.89. The molecule has 1 aromatic heterocycles. The molecule has 0 saturated carbocycles. The van der Waals surface area contributed by atoms with Crippen molar-refractivity contribution < 1.29 is 14.3 Å². The molecule has 1 saturated heterocycles. The number of nitrogens with zero attached hydrogens (tertiary/aromatic N) is 3. The van der Waals surface area contributed by atoms with E-state index in [1.54, 1.807) is 19.5 Å². The number of pyridine rings is 1. The van der Waals surface area contributed by atoms with Crippen molar-refractivity contribution in [3.05, 3.63) is 59.9 Å². The Morgan fingerprint density at radius 2 is 1.85 bits per heavy atom. The van der Waals surface area contributed by atoms with E-state index in [9.17, 15) is 4.79 Å². The van der Waals surface area contributed by atoms with E-state index in [2.05, 4.69) is 20.4 Å². The fraction of sp³-hybridized carbons (Fsp3) is 0.350. The van der Waals surface area contributed by atoms with Crippen molar-refractivity contribution in [1.29, 1.82) is 0 Å². The first-order chi connectivity index (χ1) is 13.2. The Labute approximate surface area is 159 Å². The van der Waals surface area contributed by atoms with E-state index >= 15 is 0 Å². The molecular weight excluding hydrogens is 344 g/mol. The fourth-order valence-corrected chi connectivity index (χ4v) is 3.01. The molecule has 7 nitrogen and oxygen atoms in total. The number of aromatic nitrogens is 1. The maximum Gasteiger partial charge on any atom is 0.262 e. The van der Waals surface area contributed by atoms with Crippen molar-refractivity contribution in [1.82, 2.24) is 15.3 Å². The Balaban J connectivity index is 1.75. The van der Waals surface area contributed by atoms with Crippen LogP contribution in [0.15, 0.2) is 53.9 Å². The van der Waals surface area contributed by atoms with Gasteiger partial charge in [-0.25, -0.2) is 5.43 Å². The van der Waals surface area contributed by atoms with E-state index in [1.165, 1.54) is 0 Å². The van der Waals surface area contributed by atoms with Crippen LogP contribution in [-0.4, -0.2) is 54.9 Å². The van der Waals surface area contributed by atoms with Crippen LogP contribution in [0, 0.1) is 0 Å². The van der Waals surface area contributed by atoms with Crippen molar-refractivity contribution in [2.24, 2.45) is 5.10 Å². The zero-order chi connectivity index (χ0) is 19.1. The van der Waals surface area contributed by atoms with Crippen LogP contribution >= 0.6 is 0 Å². The number of carbonyl (C=O) groups excluding carboxylic acids is 1. The largest absolute Gasteiger partial charge is 0.497 e. The van der Waals surface area contributed by atoms with Crippen molar-refractivity contribution in [2.45, 2.75) is 13.0 Å². The average Bonchev–Trinajstić information content (AvgIpc) is 2.74. The van der Waals surface area contributed by atoms with Crippen LogP contribution in [0.3, 0.4) is 0 Å². The van der Waals surface area contributed by atoms with Crippen LogP contribution < -0.4 is 10.2 Å². The third-order valence-corrected chi connectivity index (χ3v) is 4.52. The minimum atomic E-state index is -0.427. The van der Waals surface area contributed by atoms with Gasteiger partial charge in [0.15, 0.2) is 0 Å². The summed E-state index contributed by atoms with van der Waals surface area (Å²) in [6.07, 6.45) is 3.39. The Kier molecular flexibility index (Phi) is 6.51. The fourth-order valence-electron chi connectivity index (χ4n) is 3.01. The van der Waals surface area contributed by atoms with Crippen LogP contribution in [0.25, 0.3) is 0 Å². The van der Waals surface area contributed by atoms with Gasteiger partial charge in [-0.2, -0.15) is 5.10 Å². The summed E-state index contributed by atoms with van der Waals surface area (Å²) < 4.78 is 10.6. The summed E-state index contributed by atoms with van der Waals surface area (Å²) in [6.45, 7) is 4.48. The number of hydrazone groups is 1. The van der Waals surface area contributed by atoms with Gasteiger partial charge in [0.2, 0.25) is 0 Å². The molecule has 27 heavy (non-hydrogen) atoms. The molecule has 142 valence electrons. The molecule has 1 atom stereocenters. The van der Waals surface area contributed by atoms with Gasteiger partial charge in [0.1, 0.15) is 11.8 Å². The smallest absolute Gasteiger partial charge is 0.262 e. The van der Waals surface area contributed by atoms with Gasteiger partial charge in [0, 0.05) is 25.5 Å². The number of benzene rings is 1. The first kappa shape index (κ1) is 19.0. The average molecular weight is 368 g/mol. The number of rotatable bonds is 6. The number of hydrogen-bond donors (Lipinski definition) is 1. The maximum atomic E-state index is 12.9. The van der Waals surface area contributed by atoms with Gasteiger partial charge in [-0.1, -0.05) is 0 Å². The normalized spacial score (nSPS) is 16.6. The number of methoxy groups -OCH3 is 1. The van der Waals surface area contributed by atoms with E-state index in [-0.39, 0.29) is 5.91 Å². The molecule has 0 bridgehead atoms. The molecule has 2 aromatic rings. The number of carbonyl (C=O) groups is 1. The molecule has 0 unspecified atom stereocenters. The summed E-state index contributed by atoms with van der Waals surface area (Å²) in [4.78, 5) is 19.1. The highest BCUT2D eigenvalue weighted by molar-refractivity contribution is 5.99. The molecule has 1 fully saturated rings. The van der Waals surface area contributed by atoms with Crippen LogP contribution in [-0.2, 0) is 9.53 Å². The van der Waals surface area contributed by atoms with Crippen LogP contribution in [0.2, 0.25) is 0 Å². The van der Waals surface area contributed by atoms with Crippen LogP contribution in [0.1, 0.15) is 24.1 Å². The SMILES string of the molecule is COc1ccc(/C(C)=N/NC(=O)[C@@H](c2ccncc2)N2CCOCC2)cc1. The van der Waals surface area contributed by atoms with E-state index in [4.69, 9.17) is 9.47 Å². The van der Waals surface area contributed by atoms with Gasteiger partial charge >= 0.3 is 0 Å². The third-order valence-electron chi connectivity index (χ3n) is 4.52. The quantitative estimate of drug-likeness (QED) is 0.623. The second-order valence-electron chi connectivity index (χ2n) is 6.23. The lowest BCUT2D eigenvalue weighted by atomic mass is 10.1. The predicted molar refractivity (Wildman–Crippen MR) is 103 cm³/mol. The Morgan fingerprint density at radius 1 is 1.19 bits per heavy atom. The molecule has 0 spiro atoms. The topological polar surface area (TPSA) is 76.0 Å². The summed E-state index contributed by atoms with van der Waals surface area (Å²) in [5.41, 5.74) is 5.25. The maximum absolute atomic E-state index is 12.9. The van der Waals surface area contributed by atoms with E-state index < -0.39 is 6.04 Å². The first-order valence-corrected chi connectivity index (χ1v) is 8.89. The van der Waals surface area contributed by atoms with Gasteiger partial charge in [0.05, 0.1) is 26.0 Å². The Morgan fingerprint density at radius 3 is 2.48 bits per heavy atom. The molecule has 3 rings (SSSR count). The molecule has 7 heteroatoms. The molecule has 1 amide bonds. The summed E-state index contributed by atoms with van der Waals surface area (Å²) in [6, 6.07) is 10.8. The zero-order valence-corrected chi connectivity index (χ0v) is 15.6. The highest BCUT2D eigenvalue weighted by Crippen LogP contribution is 2.21. The molecule has 2 heterocycles. The summed E-state index contributed by atoms with van der Waals surface area (Å²) in [5, 5.41) is 4.29.